The Labute approximate surface area is 110 Å². The molecule has 0 N–H and O–H groups in total. The van der Waals surface area contributed by atoms with E-state index in [0.717, 1.165) is 21.8 Å². The van der Waals surface area contributed by atoms with Gasteiger partial charge in [0.25, 0.3) is 0 Å². The molecular formula is C13H15N3OS. The topological polar surface area (TPSA) is 46.1 Å². The third kappa shape index (κ3) is 2.79. The van der Waals surface area contributed by atoms with Gasteiger partial charge in [0, 0.05) is 19.5 Å². The molecule has 0 spiro atoms. The summed E-state index contributed by atoms with van der Waals surface area (Å²) in [5.74, 6) is 1.21. The van der Waals surface area contributed by atoms with Gasteiger partial charge in [-0.3, -0.25) is 4.79 Å². The van der Waals surface area contributed by atoms with Crippen molar-refractivity contribution in [1.29, 1.82) is 0 Å². The zero-order chi connectivity index (χ0) is 13.1. The monoisotopic (exact) mass is 261 g/mol. The van der Waals surface area contributed by atoms with E-state index >= 15 is 0 Å². The number of thioether (sulfide) groups is 1. The summed E-state index contributed by atoms with van der Waals surface area (Å²) in [7, 11) is 3.51. The number of fused-ring (bicyclic) bond motifs is 1. The Morgan fingerprint density at radius 2 is 2.00 bits per heavy atom. The lowest BCUT2D eigenvalue weighted by atomic mass is 10.2. The summed E-state index contributed by atoms with van der Waals surface area (Å²) in [6.45, 7) is 1.87. The average Bonchev–Trinajstić information content (AvgIpc) is 2.35. The van der Waals surface area contributed by atoms with Crippen molar-refractivity contribution in [2.45, 2.75) is 11.9 Å². The summed E-state index contributed by atoms with van der Waals surface area (Å²) in [6, 6.07) is 7.85. The summed E-state index contributed by atoms with van der Waals surface area (Å²) < 4.78 is 0. The number of carbonyl (C=O) groups excluding carboxylic acids is 1. The molecule has 0 saturated carbocycles. The first-order valence-electron chi connectivity index (χ1n) is 5.64. The molecule has 1 aromatic heterocycles. The van der Waals surface area contributed by atoms with Crippen LogP contribution in [0.4, 0.5) is 0 Å². The molecule has 2 rings (SSSR count). The molecule has 5 heteroatoms. The minimum absolute atomic E-state index is 0.0837. The Kier molecular flexibility index (Phi) is 3.81. The Morgan fingerprint density at radius 3 is 2.72 bits per heavy atom. The second-order valence-electron chi connectivity index (χ2n) is 4.17. The number of hydrogen-bond acceptors (Lipinski definition) is 4. The van der Waals surface area contributed by atoms with Crippen LogP contribution < -0.4 is 0 Å². The van der Waals surface area contributed by atoms with Gasteiger partial charge in [0.1, 0.15) is 10.9 Å². The van der Waals surface area contributed by atoms with Crippen molar-refractivity contribution in [3.63, 3.8) is 0 Å². The predicted octanol–water partition coefficient (Wildman–Crippen LogP) is 2.12. The third-order valence-corrected chi connectivity index (χ3v) is 3.49. The highest BCUT2D eigenvalue weighted by molar-refractivity contribution is 8.00. The van der Waals surface area contributed by atoms with Crippen LogP contribution in [-0.4, -0.2) is 40.6 Å². The van der Waals surface area contributed by atoms with E-state index in [1.165, 1.54) is 11.8 Å². The highest BCUT2D eigenvalue weighted by Crippen LogP contribution is 2.25. The minimum Gasteiger partial charge on any atom is -0.348 e. The summed E-state index contributed by atoms with van der Waals surface area (Å²) in [6.07, 6.45) is 0. The zero-order valence-electron chi connectivity index (χ0n) is 10.7. The molecule has 0 saturated heterocycles. The summed E-state index contributed by atoms with van der Waals surface area (Å²) >= 11 is 1.46. The zero-order valence-corrected chi connectivity index (χ0v) is 11.5. The first-order chi connectivity index (χ1) is 8.58. The van der Waals surface area contributed by atoms with E-state index < -0.39 is 0 Å². The lowest BCUT2D eigenvalue weighted by Crippen LogP contribution is -2.23. The van der Waals surface area contributed by atoms with Gasteiger partial charge in [-0.05, 0) is 13.0 Å². The Balaban J connectivity index is 2.30. The number of benzene rings is 1. The molecule has 94 valence electrons. The quantitative estimate of drug-likeness (QED) is 0.627. The molecule has 1 aromatic carbocycles. The number of carbonyl (C=O) groups is 1. The SMILES string of the molecule is Cc1nc(SCC(=O)N(C)C)c2ccccc2n1. The molecule has 2 aromatic rings. The van der Waals surface area contributed by atoms with Crippen molar-refractivity contribution in [1.82, 2.24) is 14.9 Å². The molecule has 1 heterocycles. The molecule has 0 aliphatic heterocycles. The lowest BCUT2D eigenvalue weighted by molar-refractivity contribution is -0.125. The average molecular weight is 261 g/mol. The molecule has 0 aliphatic carbocycles. The van der Waals surface area contributed by atoms with Crippen molar-refractivity contribution in [3.05, 3.63) is 30.1 Å². The Bertz CT molecular complexity index is 583. The molecule has 0 atom stereocenters. The number of aromatic nitrogens is 2. The van der Waals surface area contributed by atoms with Crippen LogP contribution in [0.2, 0.25) is 0 Å². The van der Waals surface area contributed by atoms with E-state index in [2.05, 4.69) is 9.97 Å². The van der Waals surface area contributed by atoms with Gasteiger partial charge in [0.15, 0.2) is 0 Å². The van der Waals surface area contributed by atoms with Gasteiger partial charge >= 0.3 is 0 Å². The summed E-state index contributed by atoms with van der Waals surface area (Å²) in [5.41, 5.74) is 0.921. The first kappa shape index (κ1) is 12.8. The normalized spacial score (nSPS) is 10.6. The van der Waals surface area contributed by atoms with Crippen LogP contribution in [0, 0.1) is 6.92 Å². The van der Waals surface area contributed by atoms with E-state index in [-0.39, 0.29) is 5.91 Å². The van der Waals surface area contributed by atoms with Gasteiger partial charge in [0.05, 0.1) is 11.3 Å². The van der Waals surface area contributed by atoms with Crippen molar-refractivity contribution in [3.8, 4) is 0 Å². The van der Waals surface area contributed by atoms with Gasteiger partial charge in [-0.2, -0.15) is 0 Å². The number of amides is 1. The smallest absolute Gasteiger partial charge is 0.232 e. The van der Waals surface area contributed by atoms with Gasteiger partial charge < -0.3 is 4.90 Å². The molecule has 0 radical (unpaired) electrons. The van der Waals surface area contributed by atoms with Crippen LogP contribution >= 0.6 is 11.8 Å². The van der Waals surface area contributed by atoms with Crippen LogP contribution in [0.1, 0.15) is 5.82 Å². The van der Waals surface area contributed by atoms with Gasteiger partial charge in [-0.15, -0.1) is 0 Å². The van der Waals surface area contributed by atoms with Crippen LogP contribution in [-0.2, 0) is 4.79 Å². The molecule has 18 heavy (non-hydrogen) atoms. The third-order valence-electron chi connectivity index (χ3n) is 2.51. The fourth-order valence-corrected chi connectivity index (χ4v) is 2.57. The molecule has 0 fully saturated rings. The first-order valence-corrected chi connectivity index (χ1v) is 6.63. The Morgan fingerprint density at radius 1 is 1.28 bits per heavy atom. The molecule has 1 amide bonds. The maximum Gasteiger partial charge on any atom is 0.232 e. The lowest BCUT2D eigenvalue weighted by Gasteiger charge is -2.10. The highest BCUT2D eigenvalue weighted by Gasteiger charge is 2.09. The van der Waals surface area contributed by atoms with Gasteiger partial charge in [-0.25, -0.2) is 9.97 Å². The Hall–Kier alpha value is -1.62. The van der Waals surface area contributed by atoms with Crippen molar-refractivity contribution >= 4 is 28.6 Å². The number of nitrogens with zero attached hydrogens (tertiary/aromatic N) is 3. The van der Waals surface area contributed by atoms with E-state index in [9.17, 15) is 4.79 Å². The molecule has 0 unspecified atom stereocenters. The summed E-state index contributed by atoms with van der Waals surface area (Å²) in [5, 5.41) is 1.87. The van der Waals surface area contributed by atoms with E-state index in [0.29, 0.717) is 5.75 Å². The van der Waals surface area contributed by atoms with Crippen molar-refractivity contribution < 1.29 is 4.79 Å². The van der Waals surface area contributed by atoms with E-state index in [1.54, 1.807) is 19.0 Å². The molecule has 4 nitrogen and oxygen atoms in total. The maximum atomic E-state index is 11.6. The van der Waals surface area contributed by atoms with Crippen LogP contribution in [0.25, 0.3) is 10.9 Å². The van der Waals surface area contributed by atoms with E-state index in [1.807, 2.05) is 31.2 Å². The number of para-hydroxylation sites is 1. The van der Waals surface area contributed by atoms with Gasteiger partial charge in [-0.1, -0.05) is 30.0 Å². The van der Waals surface area contributed by atoms with E-state index in [4.69, 9.17) is 0 Å². The fraction of sp³-hybridized carbons (Fsp3) is 0.308. The fourth-order valence-electron chi connectivity index (χ4n) is 1.53. The number of hydrogen-bond donors (Lipinski definition) is 0. The predicted molar refractivity (Wildman–Crippen MR) is 73.7 cm³/mol. The minimum atomic E-state index is 0.0837. The van der Waals surface area contributed by atoms with Crippen LogP contribution in [0.15, 0.2) is 29.3 Å². The maximum absolute atomic E-state index is 11.6. The van der Waals surface area contributed by atoms with Crippen molar-refractivity contribution in [2.75, 3.05) is 19.8 Å². The summed E-state index contributed by atoms with van der Waals surface area (Å²) in [4.78, 5) is 22.0. The second-order valence-corrected chi connectivity index (χ2v) is 5.13. The number of rotatable bonds is 3. The van der Waals surface area contributed by atoms with Crippen molar-refractivity contribution in [2.24, 2.45) is 0 Å². The molecule has 0 aliphatic rings. The highest BCUT2D eigenvalue weighted by atomic mass is 32.2. The van der Waals surface area contributed by atoms with Crippen LogP contribution in [0.3, 0.4) is 0 Å². The standard InChI is InChI=1S/C13H15N3OS/c1-9-14-11-7-5-4-6-10(11)13(15-9)18-8-12(17)16(2)3/h4-7H,8H2,1-3H3. The molecule has 0 bridgehead atoms. The molecular weight excluding hydrogens is 246 g/mol. The second kappa shape index (κ2) is 5.35. The number of aryl methyl sites for hydroxylation is 1. The van der Waals surface area contributed by atoms with Crippen LogP contribution in [0.5, 0.6) is 0 Å². The van der Waals surface area contributed by atoms with Gasteiger partial charge in [0.2, 0.25) is 5.91 Å². The largest absolute Gasteiger partial charge is 0.348 e.